The largest absolute Gasteiger partial charge is 0.484 e. The summed E-state index contributed by atoms with van der Waals surface area (Å²) in [7, 11) is 1.87. The molecule has 1 aromatic carbocycles. The Hall–Kier alpha value is -3.64. The molecule has 0 aliphatic rings. The molecule has 9 N–H and O–H groups in total. The lowest BCUT2D eigenvalue weighted by Gasteiger charge is -2.08. The lowest BCUT2D eigenvalue weighted by molar-refractivity contribution is -0.123. The lowest BCUT2D eigenvalue weighted by atomic mass is 10.1. The third kappa shape index (κ3) is 10.0. The normalized spacial score (nSPS) is 11.2. The average molecular weight is 506 g/mol. The maximum atomic E-state index is 12.2. The zero-order chi connectivity index (χ0) is 25.6. The second-order valence-electron chi connectivity index (χ2n) is 7.55. The van der Waals surface area contributed by atoms with Crippen LogP contribution in [0.2, 0.25) is 5.15 Å². The molecule has 2 rings (SSSR count). The number of aryl methyl sites for hydroxylation is 1. The molecular formula is C22H32ClN9O3. The van der Waals surface area contributed by atoms with E-state index in [1.54, 1.807) is 0 Å². The molecule has 0 radical (unpaired) electrons. The van der Waals surface area contributed by atoms with E-state index >= 15 is 0 Å². The number of nitrogens with one attached hydrogen (secondary N) is 3. The molecule has 0 aliphatic carbocycles. The zero-order valence-electron chi connectivity index (χ0n) is 19.6. The fraction of sp³-hybridized carbons (Fsp3) is 0.409. The van der Waals surface area contributed by atoms with E-state index in [9.17, 15) is 9.59 Å². The zero-order valence-corrected chi connectivity index (χ0v) is 20.4. The van der Waals surface area contributed by atoms with E-state index in [2.05, 4.69) is 30.9 Å². The molecule has 190 valence electrons. The fourth-order valence-electron chi connectivity index (χ4n) is 2.91. The van der Waals surface area contributed by atoms with Gasteiger partial charge in [0, 0.05) is 13.1 Å². The molecule has 1 heterocycles. The number of unbranched alkanes of at least 4 members (excludes halogenated alkanes) is 1. The number of aliphatic imine (C=N–C) groups is 1. The molecule has 0 bridgehead atoms. The van der Waals surface area contributed by atoms with Crippen LogP contribution in [0.15, 0.2) is 29.3 Å². The number of anilines is 2. The number of benzene rings is 1. The minimum atomic E-state index is -0.674. The van der Waals surface area contributed by atoms with Gasteiger partial charge in [-0.3, -0.25) is 19.9 Å². The Morgan fingerprint density at radius 1 is 1.06 bits per heavy atom. The fourth-order valence-corrected chi connectivity index (χ4v) is 3.04. The first-order chi connectivity index (χ1) is 16.8. The highest BCUT2D eigenvalue weighted by Gasteiger charge is 2.16. The lowest BCUT2D eigenvalue weighted by Crippen LogP contribution is -2.38. The molecule has 0 saturated heterocycles. The van der Waals surface area contributed by atoms with Gasteiger partial charge < -0.3 is 32.6 Å². The number of amides is 2. The highest BCUT2D eigenvalue weighted by Crippen LogP contribution is 2.17. The van der Waals surface area contributed by atoms with Crippen molar-refractivity contribution < 1.29 is 14.3 Å². The number of nitrogen functional groups attached to an aromatic ring is 2. The minimum absolute atomic E-state index is 0.0145. The number of nitrogens with zero attached hydrogens (tertiary/aromatic N) is 3. The van der Waals surface area contributed by atoms with Crippen LogP contribution >= 0.6 is 11.6 Å². The summed E-state index contributed by atoms with van der Waals surface area (Å²) in [5, 5.41) is 8.10. The number of rotatable bonds is 13. The number of ether oxygens (including phenoxy) is 1. The Morgan fingerprint density at radius 3 is 2.51 bits per heavy atom. The Balaban J connectivity index is 1.66. The smallest absolute Gasteiger partial charge is 0.280 e. The molecule has 0 fully saturated rings. The Morgan fingerprint density at radius 2 is 1.80 bits per heavy atom. The highest BCUT2D eigenvalue weighted by molar-refractivity contribution is 6.31. The van der Waals surface area contributed by atoms with Crippen LogP contribution in [0.5, 0.6) is 5.75 Å². The molecule has 1 aromatic heterocycles. The average Bonchev–Trinajstić information content (AvgIpc) is 2.83. The van der Waals surface area contributed by atoms with Crippen LogP contribution in [0.4, 0.5) is 11.6 Å². The van der Waals surface area contributed by atoms with Gasteiger partial charge in [0.25, 0.3) is 11.8 Å². The van der Waals surface area contributed by atoms with E-state index in [4.69, 9.17) is 33.5 Å². The Kier molecular flexibility index (Phi) is 11.5. The number of carbonyl (C=O) groups is 2. The highest BCUT2D eigenvalue weighted by atomic mass is 35.5. The predicted octanol–water partition coefficient (Wildman–Crippen LogP) is 0.466. The molecule has 2 aromatic rings. The summed E-state index contributed by atoms with van der Waals surface area (Å²) in [5.74, 6) is -0.460. The first-order valence-electron chi connectivity index (χ1n) is 11.1. The molecule has 0 aliphatic heterocycles. The van der Waals surface area contributed by atoms with Gasteiger partial charge in [-0.25, -0.2) is 9.97 Å². The summed E-state index contributed by atoms with van der Waals surface area (Å²) in [4.78, 5) is 35.6. The number of guanidine groups is 1. The van der Waals surface area contributed by atoms with Gasteiger partial charge in [0.15, 0.2) is 35.0 Å². The van der Waals surface area contributed by atoms with Gasteiger partial charge in [-0.1, -0.05) is 23.7 Å². The van der Waals surface area contributed by atoms with E-state index in [-0.39, 0.29) is 41.0 Å². The molecule has 0 saturated carbocycles. The maximum Gasteiger partial charge on any atom is 0.280 e. The predicted molar refractivity (Wildman–Crippen MR) is 136 cm³/mol. The van der Waals surface area contributed by atoms with Crippen molar-refractivity contribution in [3.63, 3.8) is 0 Å². The molecule has 0 unspecified atom stereocenters. The van der Waals surface area contributed by atoms with Crippen molar-refractivity contribution >= 4 is 41.0 Å². The third-order valence-electron chi connectivity index (χ3n) is 4.74. The SMILES string of the molecule is CNCCCNC(=O)COc1ccc(CCCCN=C(N)NC(=O)c2nc(Cl)c(N)nc2N)cc1. The van der Waals surface area contributed by atoms with Crippen molar-refractivity contribution in [2.75, 3.05) is 44.8 Å². The van der Waals surface area contributed by atoms with E-state index < -0.39 is 5.91 Å². The van der Waals surface area contributed by atoms with Gasteiger partial charge in [0.05, 0.1) is 0 Å². The Labute approximate surface area is 209 Å². The first-order valence-corrected chi connectivity index (χ1v) is 11.5. The molecule has 35 heavy (non-hydrogen) atoms. The van der Waals surface area contributed by atoms with Crippen molar-refractivity contribution in [2.45, 2.75) is 25.7 Å². The van der Waals surface area contributed by atoms with Crippen LogP contribution in [-0.4, -0.2) is 61.0 Å². The van der Waals surface area contributed by atoms with Crippen LogP contribution in [0.3, 0.4) is 0 Å². The Bertz CT molecular complexity index is 1020. The van der Waals surface area contributed by atoms with Gasteiger partial charge in [0.2, 0.25) is 0 Å². The second kappa shape index (κ2) is 14.6. The van der Waals surface area contributed by atoms with Crippen molar-refractivity contribution in [1.29, 1.82) is 0 Å². The molecule has 12 nitrogen and oxygen atoms in total. The van der Waals surface area contributed by atoms with E-state index in [0.717, 1.165) is 37.8 Å². The number of halogens is 1. The minimum Gasteiger partial charge on any atom is -0.484 e. The summed E-state index contributed by atoms with van der Waals surface area (Å²) >= 11 is 5.78. The van der Waals surface area contributed by atoms with Crippen LogP contribution in [-0.2, 0) is 11.2 Å². The van der Waals surface area contributed by atoms with Crippen molar-refractivity contribution in [2.24, 2.45) is 10.7 Å². The molecule has 0 atom stereocenters. The van der Waals surface area contributed by atoms with Crippen LogP contribution < -0.4 is 37.9 Å². The van der Waals surface area contributed by atoms with Crippen molar-refractivity contribution in [1.82, 2.24) is 25.9 Å². The topological polar surface area (TPSA) is 196 Å². The number of carbonyl (C=O) groups excluding carboxylic acids is 2. The van der Waals surface area contributed by atoms with Gasteiger partial charge >= 0.3 is 0 Å². The molecule has 0 spiro atoms. The van der Waals surface area contributed by atoms with Crippen molar-refractivity contribution in [3.8, 4) is 5.75 Å². The van der Waals surface area contributed by atoms with Gasteiger partial charge in [-0.15, -0.1) is 0 Å². The summed E-state index contributed by atoms with van der Waals surface area (Å²) < 4.78 is 5.51. The standard InChI is InChI=1S/C22H32ClN9O3/c1-27-10-4-12-28-16(33)13-35-15-8-6-14(7-9-15)5-2-3-11-29-22(26)32-21(34)17-19(24)31-20(25)18(23)30-17/h6-9,27H,2-5,10-13H2,1H3,(H,28,33)(H4,24,25,31)(H3,26,29,32,34). The van der Waals surface area contributed by atoms with Gasteiger partial charge in [-0.05, 0) is 57.0 Å². The second-order valence-corrected chi connectivity index (χ2v) is 7.91. The molecule has 13 heteroatoms. The van der Waals surface area contributed by atoms with Gasteiger partial charge in [0.1, 0.15) is 5.75 Å². The number of hydrogen-bond donors (Lipinski definition) is 6. The number of nitrogens with two attached hydrogens (primary N) is 3. The van der Waals surface area contributed by atoms with Crippen LogP contribution in [0.1, 0.15) is 35.3 Å². The summed E-state index contributed by atoms with van der Waals surface area (Å²) in [6, 6.07) is 7.60. The third-order valence-corrected chi connectivity index (χ3v) is 5.01. The van der Waals surface area contributed by atoms with Crippen molar-refractivity contribution in [3.05, 3.63) is 40.7 Å². The summed E-state index contributed by atoms with van der Waals surface area (Å²) in [6.07, 6.45) is 3.33. The van der Waals surface area contributed by atoms with Crippen LogP contribution in [0.25, 0.3) is 0 Å². The summed E-state index contributed by atoms with van der Waals surface area (Å²) in [6.45, 7) is 1.88. The quantitative estimate of drug-likeness (QED) is 0.127. The van der Waals surface area contributed by atoms with E-state index in [1.165, 1.54) is 0 Å². The number of aromatic nitrogens is 2. The number of hydrogen-bond acceptors (Lipinski definition) is 9. The van der Waals surface area contributed by atoms with Crippen LogP contribution in [0, 0.1) is 0 Å². The maximum absolute atomic E-state index is 12.2. The molecular weight excluding hydrogens is 474 g/mol. The van der Waals surface area contributed by atoms with Gasteiger partial charge in [-0.2, -0.15) is 0 Å². The van der Waals surface area contributed by atoms with E-state index in [1.807, 2.05) is 31.3 Å². The monoisotopic (exact) mass is 505 g/mol. The molecule has 2 amide bonds. The summed E-state index contributed by atoms with van der Waals surface area (Å²) in [5.41, 5.74) is 17.8. The first kappa shape index (κ1) is 27.6. The van der Waals surface area contributed by atoms with E-state index in [0.29, 0.717) is 18.8 Å².